The third-order valence-electron chi connectivity index (χ3n) is 3.42. The first-order valence-electron chi connectivity index (χ1n) is 4.54. The van der Waals surface area contributed by atoms with E-state index < -0.39 is 0 Å². The van der Waals surface area contributed by atoms with Gasteiger partial charge in [0.05, 0.1) is 12.7 Å². The van der Waals surface area contributed by atoms with Crippen LogP contribution in [0.25, 0.3) is 0 Å². The second-order valence-electron chi connectivity index (χ2n) is 4.64. The Balaban J connectivity index is 1.82. The molecule has 2 aliphatic carbocycles. The van der Waals surface area contributed by atoms with E-state index in [2.05, 4.69) is 0 Å². The van der Waals surface area contributed by atoms with E-state index in [9.17, 15) is 0 Å². The van der Waals surface area contributed by atoms with Gasteiger partial charge in [-0.15, -0.1) is 0 Å². The molecule has 0 unspecified atom stereocenters. The van der Waals surface area contributed by atoms with Gasteiger partial charge in [0.2, 0.25) is 0 Å². The Morgan fingerprint density at radius 3 is 2.50 bits per heavy atom. The SMILES string of the molecule is COC1CC2(C1)CC(N)(CO)C2. The quantitative estimate of drug-likeness (QED) is 0.627. The molecule has 0 saturated heterocycles. The minimum absolute atomic E-state index is 0.131. The van der Waals surface area contributed by atoms with Crippen molar-refractivity contribution in [1.29, 1.82) is 0 Å². The number of aliphatic hydroxyl groups excluding tert-OH is 1. The molecule has 3 nitrogen and oxygen atoms in total. The average Bonchev–Trinajstić information content (AvgIpc) is 1.94. The number of aliphatic hydroxyl groups is 1. The molecule has 0 bridgehead atoms. The topological polar surface area (TPSA) is 55.5 Å². The Hall–Kier alpha value is -0.120. The van der Waals surface area contributed by atoms with Crippen molar-refractivity contribution in [1.82, 2.24) is 0 Å². The summed E-state index contributed by atoms with van der Waals surface area (Å²) >= 11 is 0. The average molecular weight is 171 g/mol. The molecule has 0 aromatic heterocycles. The summed E-state index contributed by atoms with van der Waals surface area (Å²) < 4.78 is 5.22. The lowest BCUT2D eigenvalue weighted by Gasteiger charge is -2.61. The molecule has 0 aliphatic heterocycles. The van der Waals surface area contributed by atoms with Crippen molar-refractivity contribution in [3.63, 3.8) is 0 Å². The number of ether oxygens (including phenoxy) is 1. The van der Waals surface area contributed by atoms with Gasteiger partial charge in [0.1, 0.15) is 0 Å². The van der Waals surface area contributed by atoms with Crippen molar-refractivity contribution in [2.75, 3.05) is 13.7 Å². The van der Waals surface area contributed by atoms with Crippen LogP contribution in [0.2, 0.25) is 0 Å². The standard InChI is InChI=1S/C9H17NO2/c1-12-7-2-8(3-7)4-9(10,5-8)6-11/h7,11H,2-6,10H2,1H3. The van der Waals surface area contributed by atoms with Crippen LogP contribution in [0.3, 0.4) is 0 Å². The van der Waals surface area contributed by atoms with Crippen molar-refractivity contribution in [2.45, 2.75) is 37.3 Å². The van der Waals surface area contributed by atoms with E-state index in [4.69, 9.17) is 15.6 Å². The molecule has 0 radical (unpaired) electrons. The largest absolute Gasteiger partial charge is 0.394 e. The van der Waals surface area contributed by atoms with Crippen LogP contribution < -0.4 is 5.73 Å². The van der Waals surface area contributed by atoms with Gasteiger partial charge in [-0.2, -0.15) is 0 Å². The van der Waals surface area contributed by atoms with Crippen LogP contribution in [0.4, 0.5) is 0 Å². The minimum Gasteiger partial charge on any atom is -0.394 e. The molecule has 0 aromatic rings. The molecule has 0 heterocycles. The number of nitrogens with two attached hydrogens (primary N) is 1. The van der Waals surface area contributed by atoms with Crippen LogP contribution in [0.15, 0.2) is 0 Å². The molecule has 12 heavy (non-hydrogen) atoms. The highest BCUT2D eigenvalue weighted by atomic mass is 16.5. The summed E-state index contributed by atoms with van der Waals surface area (Å²) in [7, 11) is 1.76. The molecule has 3 heteroatoms. The molecular formula is C9H17NO2. The monoisotopic (exact) mass is 171 g/mol. The molecule has 70 valence electrons. The number of rotatable bonds is 2. The summed E-state index contributed by atoms with van der Waals surface area (Å²) in [6.07, 6.45) is 4.70. The van der Waals surface area contributed by atoms with Gasteiger partial charge in [-0.05, 0) is 31.1 Å². The zero-order chi connectivity index (χ0) is 8.82. The number of hydrogen-bond acceptors (Lipinski definition) is 3. The first-order valence-corrected chi connectivity index (χ1v) is 4.54. The maximum atomic E-state index is 8.96. The van der Waals surface area contributed by atoms with E-state index >= 15 is 0 Å². The maximum absolute atomic E-state index is 8.96. The van der Waals surface area contributed by atoms with E-state index in [1.54, 1.807) is 7.11 Å². The van der Waals surface area contributed by atoms with Gasteiger partial charge in [-0.1, -0.05) is 0 Å². The maximum Gasteiger partial charge on any atom is 0.0611 e. The zero-order valence-corrected chi connectivity index (χ0v) is 7.55. The zero-order valence-electron chi connectivity index (χ0n) is 7.55. The van der Waals surface area contributed by atoms with E-state index in [1.165, 1.54) is 0 Å². The number of methoxy groups -OCH3 is 1. The number of hydrogen-bond donors (Lipinski definition) is 2. The summed E-state index contributed by atoms with van der Waals surface area (Å²) in [4.78, 5) is 0. The molecule has 0 aromatic carbocycles. The molecule has 2 fully saturated rings. The molecule has 2 rings (SSSR count). The first-order chi connectivity index (χ1) is 5.61. The Kier molecular flexibility index (Phi) is 1.72. The van der Waals surface area contributed by atoms with E-state index in [-0.39, 0.29) is 12.1 Å². The van der Waals surface area contributed by atoms with Gasteiger partial charge in [-0.3, -0.25) is 0 Å². The van der Waals surface area contributed by atoms with Crippen molar-refractivity contribution in [3.05, 3.63) is 0 Å². The highest BCUT2D eigenvalue weighted by Crippen LogP contribution is 2.59. The van der Waals surface area contributed by atoms with Crippen LogP contribution in [-0.2, 0) is 4.74 Å². The molecular weight excluding hydrogens is 154 g/mol. The third kappa shape index (κ3) is 1.08. The smallest absolute Gasteiger partial charge is 0.0611 e. The van der Waals surface area contributed by atoms with Crippen LogP contribution in [-0.4, -0.2) is 30.5 Å². The van der Waals surface area contributed by atoms with E-state index in [1.807, 2.05) is 0 Å². The Morgan fingerprint density at radius 2 is 2.08 bits per heavy atom. The fraction of sp³-hybridized carbons (Fsp3) is 1.00. The normalized spacial score (nSPS) is 51.8. The second-order valence-corrected chi connectivity index (χ2v) is 4.64. The van der Waals surface area contributed by atoms with Crippen molar-refractivity contribution in [2.24, 2.45) is 11.1 Å². The minimum atomic E-state index is -0.265. The fourth-order valence-corrected chi connectivity index (χ4v) is 2.92. The Labute approximate surface area is 72.9 Å². The molecule has 2 aliphatic rings. The van der Waals surface area contributed by atoms with E-state index in [0.717, 1.165) is 25.7 Å². The van der Waals surface area contributed by atoms with Crippen LogP contribution >= 0.6 is 0 Å². The van der Waals surface area contributed by atoms with Gasteiger partial charge < -0.3 is 15.6 Å². The molecule has 2 saturated carbocycles. The molecule has 1 spiro atoms. The second kappa shape index (κ2) is 2.44. The summed E-state index contributed by atoms with van der Waals surface area (Å²) in [6.45, 7) is 0.131. The lowest BCUT2D eigenvalue weighted by atomic mass is 9.48. The van der Waals surface area contributed by atoms with Crippen LogP contribution in [0, 0.1) is 5.41 Å². The molecule has 3 N–H and O–H groups in total. The van der Waals surface area contributed by atoms with Gasteiger partial charge in [-0.25, -0.2) is 0 Å². The first kappa shape index (κ1) is 8.48. The van der Waals surface area contributed by atoms with Gasteiger partial charge in [0.25, 0.3) is 0 Å². The van der Waals surface area contributed by atoms with Crippen molar-refractivity contribution >= 4 is 0 Å². The van der Waals surface area contributed by atoms with Crippen molar-refractivity contribution < 1.29 is 9.84 Å². The highest BCUT2D eigenvalue weighted by molar-refractivity contribution is 5.13. The van der Waals surface area contributed by atoms with Crippen LogP contribution in [0.1, 0.15) is 25.7 Å². The lowest BCUT2D eigenvalue weighted by Crippen LogP contribution is -2.65. The van der Waals surface area contributed by atoms with E-state index in [0.29, 0.717) is 11.5 Å². The van der Waals surface area contributed by atoms with Crippen molar-refractivity contribution in [3.8, 4) is 0 Å². The highest BCUT2D eigenvalue weighted by Gasteiger charge is 2.58. The van der Waals surface area contributed by atoms with Gasteiger partial charge in [0.15, 0.2) is 0 Å². The van der Waals surface area contributed by atoms with Gasteiger partial charge >= 0.3 is 0 Å². The van der Waals surface area contributed by atoms with Crippen LogP contribution in [0.5, 0.6) is 0 Å². The summed E-state index contributed by atoms with van der Waals surface area (Å²) in [5.74, 6) is 0. The fourth-order valence-electron chi connectivity index (χ4n) is 2.92. The molecule has 0 atom stereocenters. The third-order valence-corrected chi connectivity index (χ3v) is 3.42. The predicted molar refractivity (Wildman–Crippen MR) is 45.7 cm³/mol. The Bertz CT molecular complexity index is 179. The predicted octanol–water partition coefficient (Wildman–Crippen LogP) is 0.265. The molecule has 0 amide bonds. The summed E-state index contributed by atoms with van der Waals surface area (Å²) in [5, 5.41) is 8.96. The van der Waals surface area contributed by atoms with Gasteiger partial charge in [0, 0.05) is 12.6 Å². The summed E-state index contributed by atoms with van der Waals surface area (Å²) in [5.41, 5.74) is 6.06. The summed E-state index contributed by atoms with van der Waals surface area (Å²) in [6, 6.07) is 0. The Morgan fingerprint density at radius 1 is 1.50 bits per heavy atom. The lowest BCUT2D eigenvalue weighted by molar-refractivity contribution is -0.143.